The number of halogens is 1. The summed E-state index contributed by atoms with van der Waals surface area (Å²) in [5.74, 6) is 0.0444. The molecule has 1 N–H and O–H groups in total. The van der Waals surface area contributed by atoms with Gasteiger partial charge in [0, 0.05) is 17.7 Å². The van der Waals surface area contributed by atoms with Crippen molar-refractivity contribution >= 4 is 29.0 Å². The molecular weight excluding hydrogens is 401 g/mol. The van der Waals surface area contributed by atoms with Crippen LogP contribution in [0.2, 0.25) is 0 Å². The summed E-state index contributed by atoms with van der Waals surface area (Å²) in [5, 5.41) is 3.31. The first-order chi connectivity index (χ1) is 14.1. The van der Waals surface area contributed by atoms with E-state index in [1.165, 1.54) is 0 Å². The third-order valence-corrected chi connectivity index (χ3v) is 5.02. The van der Waals surface area contributed by atoms with Gasteiger partial charge in [-0.1, -0.05) is 0 Å². The highest BCUT2D eigenvalue weighted by Gasteiger charge is 2.30. The number of amides is 1. The number of ether oxygens (including phenoxy) is 3. The zero-order valence-electron chi connectivity index (χ0n) is 16.0. The highest BCUT2D eigenvalue weighted by atomic mass is 32.1. The zero-order valence-corrected chi connectivity index (χ0v) is 16.8. The van der Waals surface area contributed by atoms with E-state index < -0.39 is 12.6 Å². The summed E-state index contributed by atoms with van der Waals surface area (Å²) in [6.45, 7) is 1.64. The zero-order chi connectivity index (χ0) is 20.6. The van der Waals surface area contributed by atoms with Crippen LogP contribution in [-0.2, 0) is 14.3 Å². The topological polar surface area (TPSA) is 99.6 Å². The van der Waals surface area contributed by atoms with Gasteiger partial charge in [0.15, 0.2) is 4.88 Å². The highest BCUT2D eigenvalue weighted by molar-refractivity contribution is 7.17. The molecule has 0 aromatic carbocycles. The third-order valence-electron chi connectivity index (χ3n) is 3.95. The van der Waals surface area contributed by atoms with Gasteiger partial charge in [-0.3, -0.25) is 4.79 Å². The number of rotatable bonds is 11. The second-order valence-corrected chi connectivity index (χ2v) is 7.22. The van der Waals surface area contributed by atoms with Crippen molar-refractivity contribution in [3.05, 3.63) is 23.2 Å². The van der Waals surface area contributed by atoms with Gasteiger partial charge in [-0.05, 0) is 31.9 Å². The Morgan fingerprint density at radius 2 is 2.14 bits per heavy atom. The fourth-order valence-electron chi connectivity index (χ4n) is 2.41. The SMILES string of the molecule is CCOC(=O)c1sc(-c2ccnc(NC(=O)C3CC3)c2)nc1OCCOCCF. The molecule has 1 aliphatic carbocycles. The smallest absolute Gasteiger partial charge is 0.354 e. The van der Waals surface area contributed by atoms with Crippen LogP contribution in [0.1, 0.15) is 29.4 Å². The van der Waals surface area contributed by atoms with Crippen LogP contribution in [0.25, 0.3) is 10.6 Å². The first-order valence-electron chi connectivity index (χ1n) is 9.34. The van der Waals surface area contributed by atoms with Crippen LogP contribution in [0.3, 0.4) is 0 Å². The molecule has 0 unspecified atom stereocenters. The molecular formula is C19H22FN3O5S. The van der Waals surface area contributed by atoms with Crippen molar-refractivity contribution in [3.8, 4) is 16.5 Å². The van der Waals surface area contributed by atoms with Gasteiger partial charge in [-0.2, -0.15) is 0 Å². The van der Waals surface area contributed by atoms with Crippen molar-refractivity contribution in [1.29, 1.82) is 0 Å². The molecule has 2 aromatic rings. The van der Waals surface area contributed by atoms with Crippen LogP contribution in [-0.4, -0.2) is 54.9 Å². The molecule has 0 aliphatic heterocycles. The monoisotopic (exact) mass is 423 g/mol. The number of alkyl halides is 1. The van der Waals surface area contributed by atoms with Crippen LogP contribution in [0, 0.1) is 5.92 Å². The summed E-state index contributed by atoms with van der Waals surface area (Å²) in [5.41, 5.74) is 0.685. The fourth-order valence-corrected chi connectivity index (χ4v) is 3.31. The molecule has 0 saturated heterocycles. The summed E-state index contributed by atoms with van der Waals surface area (Å²) in [6.07, 6.45) is 3.36. The number of thiazole rings is 1. The number of nitrogens with one attached hydrogen (secondary N) is 1. The minimum atomic E-state index is -0.573. The van der Waals surface area contributed by atoms with E-state index in [0.717, 1.165) is 24.2 Å². The Kier molecular flexibility index (Phi) is 7.48. The van der Waals surface area contributed by atoms with Crippen molar-refractivity contribution < 1.29 is 28.2 Å². The van der Waals surface area contributed by atoms with Crippen LogP contribution in [0.5, 0.6) is 5.88 Å². The molecule has 0 radical (unpaired) electrons. The summed E-state index contributed by atoms with van der Waals surface area (Å²) in [4.78, 5) is 33.0. The summed E-state index contributed by atoms with van der Waals surface area (Å²) in [6, 6.07) is 3.43. The molecule has 2 heterocycles. The molecule has 0 atom stereocenters. The molecule has 0 bridgehead atoms. The molecule has 10 heteroatoms. The fraction of sp³-hybridized carbons (Fsp3) is 0.474. The van der Waals surface area contributed by atoms with Crippen molar-refractivity contribution in [3.63, 3.8) is 0 Å². The Morgan fingerprint density at radius 3 is 2.86 bits per heavy atom. The molecule has 1 amide bonds. The van der Waals surface area contributed by atoms with E-state index in [9.17, 15) is 14.0 Å². The number of anilines is 1. The van der Waals surface area contributed by atoms with Gasteiger partial charge in [0.25, 0.3) is 0 Å². The van der Waals surface area contributed by atoms with Crippen LogP contribution in [0.4, 0.5) is 10.2 Å². The van der Waals surface area contributed by atoms with E-state index in [2.05, 4.69) is 15.3 Å². The van der Waals surface area contributed by atoms with E-state index in [-0.39, 0.29) is 49.0 Å². The maximum atomic E-state index is 12.3. The van der Waals surface area contributed by atoms with Crippen molar-refractivity contribution in [2.75, 3.05) is 38.4 Å². The minimum absolute atomic E-state index is 0.0111. The van der Waals surface area contributed by atoms with Gasteiger partial charge in [-0.25, -0.2) is 19.2 Å². The summed E-state index contributed by atoms with van der Waals surface area (Å²) < 4.78 is 27.7. The Morgan fingerprint density at radius 1 is 1.31 bits per heavy atom. The summed E-state index contributed by atoms with van der Waals surface area (Å²) >= 11 is 1.12. The van der Waals surface area contributed by atoms with E-state index in [4.69, 9.17) is 14.2 Å². The van der Waals surface area contributed by atoms with Gasteiger partial charge in [0.05, 0.1) is 19.8 Å². The Balaban J connectivity index is 1.76. The average molecular weight is 423 g/mol. The van der Waals surface area contributed by atoms with Crippen molar-refractivity contribution in [2.24, 2.45) is 5.92 Å². The van der Waals surface area contributed by atoms with Crippen LogP contribution < -0.4 is 10.1 Å². The van der Waals surface area contributed by atoms with Crippen LogP contribution in [0.15, 0.2) is 18.3 Å². The van der Waals surface area contributed by atoms with Gasteiger partial charge in [0.1, 0.15) is 24.1 Å². The molecule has 0 spiro atoms. The van der Waals surface area contributed by atoms with E-state index in [0.29, 0.717) is 16.4 Å². The summed E-state index contributed by atoms with van der Waals surface area (Å²) in [7, 11) is 0. The Bertz CT molecular complexity index is 856. The van der Waals surface area contributed by atoms with Gasteiger partial charge in [-0.15, -0.1) is 11.3 Å². The van der Waals surface area contributed by atoms with E-state index in [1.807, 2.05) is 0 Å². The average Bonchev–Trinajstić information content (AvgIpc) is 3.48. The maximum absolute atomic E-state index is 12.3. The van der Waals surface area contributed by atoms with Crippen LogP contribution >= 0.6 is 11.3 Å². The first-order valence-corrected chi connectivity index (χ1v) is 10.2. The first kappa shape index (κ1) is 21.1. The quantitative estimate of drug-likeness (QED) is 0.438. The standard InChI is InChI=1S/C19H22FN3O5S/c1-2-27-19(25)15-17(28-10-9-26-8-6-20)23-18(29-15)13-5-7-21-14(11-13)22-16(24)12-3-4-12/h5,7,11-12H,2-4,6,8-10H2,1H3,(H,21,22,24). The van der Waals surface area contributed by atoms with Crippen molar-refractivity contribution in [1.82, 2.24) is 9.97 Å². The van der Waals surface area contributed by atoms with Gasteiger partial charge >= 0.3 is 5.97 Å². The third kappa shape index (κ3) is 5.94. The number of pyridine rings is 1. The lowest BCUT2D eigenvalue weighted by Gasteiger charge is -2.05. The molecule has 1 fully saturated rings. The molecule has 2 aromatic heterocycles. The second-order valence-electron chi connectivity index (χ2n) is 6.22. The number of hydrogen-bond acceptors (Lipinski definition) is 8. The predicted molar refractivity (Wildman–Crippen MR) is 105 cm³/mol. The number of aromatic nitrogens is 2. The second kappa shape index (κ2) is 10.3. The number of carbonyl (C=O) groups excluding carboxylic acids is 2. The maximum Gasteiger partial charge on any atom is 0.354 e. The Labute approximate surface area is 171 Å². The van der Waals surface area contributed by atoms with Crippen molar-refractivity contribution in [2.45, 2.75) is 19.8 Å². The lowest BCUT2D eigenvalue weighted by atomic mass is 10.2. The number of esters is 1. The van der Waals surface area contributed by atoms with Gasteiger partial charge in [0.2, 0.25) is 11.8 Å². The lowest BCUT2D eigenvalue weighted by Crippen LogP contribution is -2.14. The van der Waals surface area contributed by atoms with E-state index in [1.54, 1.807) is 25.3 Å². The predicted octanol–water partition coefficient (Wildman–Crippen LogP) is 3.10. The molecule has 3 rings (SSSR count). The number of nitrogens with zero attached hydrogens (tertiary/aromatic N) is 2. The van der Waals surface area contributed by atoms with E-state index >= 15 is 0 Å². The molecule has 156 valence electrons. The molecule has 8 nitrogen and oxygen atoms in total. The largest absolute Gasteiger partial charge is 0.474 e. The number of hydrogen-bond donors (Lipinski definition) is 1. The highest BCUT2D eigenvalue weighted by Crippen LogP contribution is 2.34. The normalized spacial score (nSPS) is 13.2. The Hall–Kier alpha value is -2.59. The molecule has 1 aliphatic rings. The lowest BCUT2D eigenvalue weighted by molar-refractivity contribution is -0.117. The minimum Gasteiger partial charge on any atom is -0.474 e. The number of carbonyl (C=O) groups is 2. The molecule has 29 heavy (non-hydrogen) atoms. The molecule has 1 saturated carbocycles. The van der Waals surface area contributed by atoms with Gasteiger partial charge < -0.3 is 19.5 Å².